The van der Waals surface area contributed by atoms with E-state index in [4.69, 9.17) is 10.2 Å². The van der Waals surface area contributed by atoms with Crippen molar-refractivity contribution < 1.29 is 15.7 Å². The van der Waals surface area contributed by atoms with Crippen LogP contribution in [0.1, 0.15) is 7.43 Å². The Morgan fingerprint density at radius 2 is 1.17 bits per heavy atom. The first-order valence-corrected chi connectivity index (χ1v) is 1.13. The first-order valence-electron chi connectivity index (χ1n) is 1.13. The molecule has 0 heterocycles. The Morgan fingerprint density at radius 3 is 1.17 bits per heavy atom. The molecule has 0 aliphatic carbocycles. The van der Waals surface area contributed by atoms with Gasteiger partial charge in [0, 0.05) is 0 Å². The van der Waals surface area contributed by atoms with Gasteiger partial charge in [-0.25, -0.2) is 0 Å². The fourth-order valence-corrected chi connectivity index (χ4v) is 0. The Bertz CT molecular complexity index is 8.00. The average molecular weight is 96.1 g/mol. The van der Waals surface area contributed by atoms with E-state index < -0.39 is 0 Å². The van der Waals surface area contributed by atoms with Gasteiger partial charge in [-0.15, -0.1) is 0 Å². The second-order valence-corrected chi connectivity index (χ2v) is 0.447. The van der Waals surface area contributed by atoms with Crippen molar-refractivity contribution in [2.75, 3.05) is 13.2 Å². The molecule has 0 rings (SSSR count). The van der Waals surface area contributed by atoms with Crippen LogP contribution in [0.5, 0.6) is 0 Å². The number of hydrogen-bond donors (Lipinski definition) is 2. The van der Waals surface area contributed by atoms with Gasteiger partial charge in [0.15, 0.2) is 0 Å². The van der Waals surface area contributed by atoms with Crippen LogP contribution < -0.4 is 0 Å². The molecule has 0 saturated heterocycles. The fourth-order valence-electron chi connectivity index (χ4n) is 0. The lowest BCUT2D eigenvalue weighted by Gasteiger charge is -1.70. The summed E-state index contributed by atoms with van der Waals surface area (Å²) in [7, 11) is 0. The van der Waals surface area contributed by atoms with E-state index in [9.17, 15) is 0 Å². The predicted molar refractivity (Wildman–Crippen MR) is 24.5 cm³/mol. The maximum atomic E-state index is 7.62. The zero-order valence-electron chi connectivity index (χ0n) is 2.81. The van der Waals surface area contributed by atoms with Gasteiger partial charge in [0.1, 0.15) is 0 Å². The number of hydrogen-bond acceptors (Lipinski definition) is 2. The van der Waals surface area contributed by atoms with Gasteiger partial charge < -0.3 is 15.7 Å². The van der Waals surface area contributed by atoms with Crippen molar-refractivity contribution in [3.8, 4) is 0 Å². The van der Waals surface area contributed by atoms with Crippen LogP contribution in [0.3, 0.4) is 0 Å². The molecule has 0 aliphatic rings. The smallest absolute Gasteiger partial charge is 0.0662 e. The van der Waals surface area contributed by atoms with Gasteiger partial charge in [-0.2, -0.15) is 0 Å². The van der Waals surface area contributed by atoms with Gasteiger partial charge >= 0.3 is 0 Å². The minimum Gasteiger partial charge on any atom is -0.412 e. The molecule has 0 aromatic carbocycles. The van der Waals surface area contributed by atoms with Gasteiger partial charge in [-0.05, 0) is 0 Å². The average Bonchev–Trinajstić information content (AvgIpc) is 1.37. The van der Waals surface area contributed by atoms with Crippen LogP contribution in [-0.4, -0.2) is 28.9 Å². The zero-order chi connectivity index (χ0) is 3.41. The lowest BCUT2D eigenvalue weighted by atomic mass is 10.8. The molecule has 0 spiro atoms. The summed E-state index contributed by atoms with van der Waals surface area (Å²) in [5.74, 6) is 0. The summed E-state index contributed by atoms with van der Waals surface area (Å²) in [6, 6.07) is 0. The number of aliphatic hydroxyl groups is 2. The topological polar surface area (TPSA) is 72.0 Å². The normalized spacial score (nSPS) is 5.00. The molecule has 3 heteroatoms. The Balaban J connectivity index is -0.0000000450. The van der Waals surface area contributed by atoms with E-state index in [1.807, 2.05) is 0 Å². The van der Waals surface area contributed by atoms with Crippen LogP contribution >= 0.6 is 0 Å². The van der Waals surface area contributed by atoms with Gasteiger partial charge in [-0.1, -0.05) is 7.43 Å². The molecule has 0 aliphatic heterocycles. The van der Waals surface area contributed by atoms with E-state index in [-0.39, 0.29) is 26.1 Å². The van der Waals surface area contributed by atoms with Crippen molar-refractivity contribution in [1.29, 1.82) is 0 Å². The SMILES string of the molecule is C.O.OCCO. The highest BCUT2D eigenvalue weighted by Gasteiger charge is 1.58. The highest BCUT2D eigenvalue weighted by Crippen LogP contribution is 1.39. The summed E-state index contributed by atoms with van der Waals surface area (Å²) >= 11 is 0. The second-order valence-electron chi connectivity index (χ2n) is 0.447. The summed E-state index contributed by atoms with van der Waals surface area (Å²) in [6.45, 7) is -0.250. The van der Waals surface area contributed by atoms with Crippen LogP contribution in [0.15, 0.2) is 0 Å². The van der Waals surface area contributed by atoms with E-state index in [0.29, 0.717) is 0 Å². The van der Waals surface area contributed by atoms with Gasteiger partial charge in [0.25, 0.3) is 0 Å². The molecule has 0 atom stereocenters. The third-order valence-corrected chi connectivity index (χ3v) is 0.1000. The number of aliphatic hydroxyl groups excluding tert-OH is 2. The fraction of sp³-hybridized carbons (Fsp3) is 1.00. The lowest BCUT2D eigenvalue weighted by molar-refractivity contribution is 0.186. The number of rotatable bonds is 1. The molecule has 0 unspecified atom stereocenters. The van der Waals surface area contributed by atoms with Crippen LogP contribution in [0.2, 0.25) is 0 Å². The van der Waals surface area contributed by atoms with E-state index in [2.05, 4.69) is 0 Å². The van der Waals surface area contributed by atoms with E-state index in [1.165, 1.54) is 0 Å². The van der Waals surface area contributed by atoms with E-state index >= 15 is 0 Å². The standard InChI is InChI=1S/C2H6O2.CH4.H2O/c3-1-2-4;;/h3-4H,1-2H2;1H4;1H2. The monoisotopic (exact) mass is 96.1 g/mol. The first kappa shape index (κ1) is 16.9. The minimum absolute atomic E-state index is 0. The van der Waals surface area contributed by atoms with Gasteiger partial charge in [0.05, 0.1) is 13.2 Å². The third-order valence-electron chi connectivity index (χ3n) is 0.1000. The zero-order valence-corrected chi connectivity index (χ0v) is 2.81. The van der Waals surface area contributed by atoms with Crippen molar-refractivity contribution in [2.24, 2.45) is 0 Å². The minimum atomic E-state index is -0.125. The highest BCUT2D eigenvalue weighted by molar-refractivity contribution is 4.06. The molecule has 0 bridgehead atoms. The van der Waals surface area contributed by atoms with Crippen LogP contribution in [0.4, 0.5) is 0 Å². The molecule has 4 N–H and O–H groups in total. The van der Waals surface area contributed by atoms with Crippen LogP contribution in [0, 0.1) is 0 Å². The molecule has 3 nitrogen and oxygen atoms in total. The van der Waals surface area contributed by atoms with Crippen molar-refractivity contribution in [2.45, 2.75) is 7.43 Å². The summed E-state index contributed by atoms with van der Waals surface area (Å²) in [4.78, 5) is 0. The molecule has 0 aromatic heterocycles. The molecule has 0 aromatic rings. The Hall–Kier alpha value is -0.120. The van der Waals surface area contributed by atoms with Crippen molar-refractivity contribution in [3.05, 3.63) is 0 Å². The summed E-state index contributed by atoms with van der Waals surface area (Å²) in [5.41, 5.74) is 0. The Labute approximate surface area is 37.5 Å². The second kappa shape index (κ2) is 20.8. The molecule has 0 radical (unpaired) electrons. The Morgan fingerprint density at radius 1 is 1.00 bits per heavy atom. The van der Waals surface area contributed by atoms with Crippen LogP contribution in [0.25, 0.3) is 0 Å². The Kier molecular flexibility index (Phi) is 58.5. The quantitative estimate of drug-likeness (QED) is 0.429. The molecule has 6 heavy (non-hydrogen) atoms. The summed E-state index contributed by atoms with van der Waals surface area (Å²) in [5, 5.41) is 15.2. The van der Waals surface area contributed by atoms with Crippen molar-refractivity contribution in [3.63, 3.8) is 0 Å². The largest absolute Gasteiger partial charge is 0.412 e. The summed E-state index contributed by atoms with van der Waals surface area (Å²) < 4.78 is 0. The highest BCUT2D eigenvalue weighted by atomic mass is 16.3. The molecule has 0 fully saturated rings. The third kappa shape index (κ3) is 41.6. The van der Waals surface area contributed by atoms with Crippen molar-refractivity contribution >= 4 is 0 Å². The first-order chi connectivity index (χ1) is 1.91. The van der Waals surface area contributed by atoms with E-state index in [1.54, 1.807) is 0 Å². The van der Waals surface area contributed by atoms with E-state index in [0.717, 1.165) is 0 Å². The molecular formula is C3H12O3. The molecular weight excluding hydrogens is 84.0 g/mol. The lowest BCUT2D eigenvalue weighted by Crippen LogP contribution is -1.85. The molecule has 0 saturated carbocycles. The maximum absolute atomic E-state index is 7.62. The maximum Gasteiger partial charge on any atom is 0.0662 e. The van der Waals surface area contributed by atoms with Crippen LogP contribution in [-0.2, 0) is 0 Å². The summed E-state index contributed by atoms with van der Waals surface area (Å²) in [6.07, 6.45) is 0. The molecule has 42 valence electrons. The predicted octanol–water partition coefficient (Wildman–Crippen LogP) is -1.22. The van der Waals surface area contributed by atoms with Crippen molar-refractivity contribution in [1.82, 2.24) is 0 Å². The molecule has 0 amide bonds. The van der Waals surface area contributed by atoms with Gasteiger partial charge in [0.2, 0.25) is 0 Å². The van der Waals surface area contributed by atoms with Gasteiger partial charge in [-0.3, -0.25) is 0 Å².